The first-order valence-corrected chi connectivity index (χ1v) is 6.64. The van der Waals surface area contributed by atoms with Gasteiger partial charge in [0.25, 0.3) is 0 Å². The van der Waals surface area contributed by atoms with Crippen molar-refractivity contribution in [2.75, 3.05) is 6.54 Å². The maximum absolute atomic E-state index is 11.5. The number of carbonyl (C=O) groups is 1. The zero-order valence-corrected chi connectivity index (χ0v) is 13.2. The molecular weight excluding hydrogens is 228 g/mol. The van der Waals surface area contributed by atoms with Crippen molar-refractivity contribution in [3.63, 3.8) is 0 Å². The Morgan fingerprint density at radius 3 is 2.00 bits per heavy atom. The van der Waals surface area contributed by atoms with Gasteiger partial charge in [-0.3, -0.25) is 0 Å². The van der Waals surface area contributed by atoms with Crippen molar-refractivity contribution < 1.29 is 9.53 Å². The Labute approximate surface area is 112 Å². The highest BCUT2D eigenvalue weighted by atomic mass is 16.6. The van der Waals surface area contributed by atoms with E-state index in [9.17, 15) is 4.79 Å². The molecule has 108 valence electrons. The van der Waals surface area contributed by atoms with Gasteiger partial charge in [0.05, 0.1) is 0 Å². The molecule has 4 nitrogen and oxygen atoms in total. The van der Waals surface area contributed by atoms with Crippen LogP contribution in [0.25, 0.3) is 0 Å². The third-order valence-electron chi connectivity index (χ3n) is 2.79. The van der Waals surface area contributed by atoms with Crippen LogP contribution in [0.3, 0.4) is 0 Å². The first-order valence-electron chi connectivity index (χ1n) is 6.64. The van der Waals surface area contributed by atoms with E-state index in [-0.39, 0.29) is 17.6 Å². The molecule has 0 aromatic carbocycles. The maximum Gasteiger partial charge on any atom is 0.407 e. The highest BCUT2D eigenvalue weighted by molar-refractivity contribution is 5.67. The Morgan fingerprint density at radius 2 is 1.61 bits per heavy atom. The van der Waals surface area contributed by atoms with Gasteiger partial charge in [-0.15, -0.1) is 0 Å². The summed E-state index contributed by atoms with van der Waals surface area (Å²) in [5, 5.41) is 6.24. The molecule has 18 heavy (non-hydrogen) atoms. The number of carbonyl (C=O) groups excluding carboxylic acids is 1. The molecule has 0 bridgehead atoms. The number of ether oxygens (including phenoxy) is 1. The average Bonchev–Trinajstić information content (AvgIpc) is 2.10. The molecule has 0 aliphatic rings. The Morgan fingerprint density at radius 1 is 1.11 bits per heavy atom. The van der Waals surface area contributed by atoms with Crippen LogP contribution in [0.1, 0.15) is 55.4 Å². The maximum atomic E-state index is 11.5. The van der Waals surface area contributed by atoms with Gasteiger partial charge < -0.3 is 15.4 Å². The predicted octanol–water partition coefficient (Wildman–Crippen LogP) is 2.92. The molecule has 0 aliphatic heterocycles. The predicted molar refractivity (Wildman–Crippen MR) is 75.8 cm³/mol. The molecule has 2 atom stereocenters. The third kappa shape index (κ3) is 8.34. The molecule has 0 saturated heterocycles. The van der Waals surface area contributed by atoms with Crippen LogP contribution in [0.15, 0.2) is 0 Å². The Hall–Kier alpha value is -0.770. The summed E-state index contributed by atoms with van der Waals surface area (Å²) < 4.78 is 5.18. The van der Waals surface area contributed by atoms with Gasteiger partial charge in [-0.25, -0.2) is 4.79 Å². The monoisotopic (exact) mass is 258 g/mol. The van der Waals surface area contributed by atoms with Crippen molar-refractivity contribution >= 4 is 6.09 Å². The number of alkyl carbamates (subject to hydrolysis) is 1. The summed E-state index contributed by atoms with van der Waals surface area (Å²) in [6.45, 7) is 16.9. The van der Waals surface area contributed by atoms with Gasteiger partial charge in [0, 0.05) is 18.6 Å². The van der Waals surface area contributed by atoms with Crippen LogP contribution in [-0.4, -0.2) is 30.3 Å². The van der Waals surface area contributed by atoms with Gasteiger partial charge >= 0.3 is 6.09 Å². The second kappa shape index (κ2) is 6.41. The Kier molecular flexibility index (Phi) is 6.14. The summed E-state index contributed by atoms with van der Waals surface area (Å²) in [5.74, 6) is 0. The van der Waals surface area contributed by atoms with Crippen LogP contribution in [0.2, 0.25) is 0 Å². The highest BCUT2D eigenvalue weighted by Gasteiger charge is 2.22. The summed E-state index contributed by atoms with van der Waals surface area (Å²) >= 11 is 0. The fourth-order valence-electron chi connectivity index (χ4n) is 1.29. The number of hydrogen-bond donors (Lipinski definition) is 2. The van der Waals surface area contributed by atoms with E-state index in [0.29, 0.717) is 12.6 Å². The Balaban J connectivity index is 3.98. The highest BCUT2D eigenvalue weighted by Crippen LogP contribution is 2.18. The van der Waals surface area contributed by atoms with Gasteiger partial charge in [0.1, 0.15) is 5.60 Å². The number of rotatable bonds is 4. The minimum absolute atomic E-state index is 0.209. The number of hydrogen-bond acceptors (Lipinski definition) is 3. The lowest BCUT2D eigenvalue weighted by Gasteiger charge is -2.31. The number of nitrogens with one attached hydrogen (secondary N) is 2. The van der Waals surface area contributed by atoms with E-state index in [4.69, 9.17) is 4.74 Å². The molecule has 0 aromatic rings. The summed E-state index contributed by atoms with van der Waals surface area (Å²) in [5.41, 5.74) is -0.236. The average molecular weight is 258 g/mol. The lowest BCUT2D eigenvalue weighted by Crippen LogP contribution is -2.48. The smallest absolute Gasteiger partial charge is 0.407 e. The van der Waals surface area contributed by atoms with Crippen molar-refractivity contribution in [1.29, 1.82) is 0 Å². The quantitative estimate of drug-likeness (QED) is 0.815. The topological polar surface area (TPSA) is 50.4 Å². The lowest BCUT2D eigenvalue weighted by atomic mass is 9.87. The standard InChI is InChI=1S/C14H30N2O2/c1-10(16-11(2)13(3,4)5)9-15-12(17)18-14(6,7)8/h10-11,16H,9H2,1-8H3,(H,15,17). The molecular formula is C14H30N2O2. The van der Waals surface area contributed by atoms with E-state index in [0.717, 1.165) is 0 Å². The minimum Gasteiger partial charge on any atom is -0.444 e. The summed E-state index contributed by atoms with van der Waals surface area (Å²) in [4.78, 5) is 11.5. The summed E-state index contributed by atoms with van der Waals surface area (Å²) in [6, 6.07) is 0.597. The van der Waals surface area contributed by atoms with Crippen molar-refractivity contribution in [2.45, 2.75) is 73.1 Å². The zero-order chi connectivity index (χ0) is 14.6. The van der Waals surface area contributed by atoms with E-state index in [2.05, 4.69) is 45.3 Å². The van der Waals surface area contributed by atoms with Crippen molar-refractivity contribution in [3.05, 3.63) is 0 Å². The molecule has 1 amide bonds. The van der Waals surface area contributed by atoms with E-state index in [1.54, 1.807) is 0 Å². The largest absolute Gasteiger partial charge is 0.444 e. The molecule has 0 aliphatic carbocycles. The van der Waals surface area contributed by atoms with Gasteiger partial charge in [-0.2, -0.15) is 0 Å². The van der Waals surface area contributed by atoms with E-state index in [1.165, 1.54) is 0 Å². The second-order valence-electron chi connectivity index (χ2n) is 7.04. The lowest BCUT2D eigenvalue weighted by molar-refractivity contribution is 0.0521. The normalized spacial score (nSPS) is 16.0. The molecule has 2 N–H and O–H groups in total. The fraction of sp³-hybridized carbons (Fsp3) is 0.929. The second-order valence-corrected chi connectivity index (χ2v) is 7.04. The third-order valence-corrected chi connectivity index (χ3v) is 2.79. The summed E-state index contributed by atoms with van der Waals surface area (Å²) in [7, 11) is 0. The van der Waals surface area contributed by atoms with Crippen molar-refractivity contribution in [3.8, 4) is 0 Å². The molecule has 0 heterocycles. The van der Waals surface area contributed by atoms with Crippen LogP contribution in [0.4, 0.5) is 4.79 Å². The first kappa shape index (κ1) is 17.2. The van der Waals surface area contributed by atoms with E-state index >= 15 is 0 Å². The summed E-state index contributed by atoms with van der Waals surface area (Å²) in [6.07, 6.45) is -0.362. The minimum atomic E-state index is -0.445. The van der Waals surface area contributed by atoms with Gasteiger partial charge in [-0.05, 0) is 40.0 Å². The molecule has 0 saturated carbocycles. The fourth-order valence-corrected chi connectivity index (χ4v) is 1.29. The van der Waals surface area contributed by atoms with Gasteiger partial charge in [0.15, 0.2) is 0 Å². The van der Waals surface area contributed by atoms with Crippen LogP contribution < -0.4 is 10.6 Å². The molecule has 0 aromatic heterocycles. The van der Waals surface area contributed by atoms with Gasteiger partial charge in [0.2, 0.25) is 0 Å². The zero-order valence-electron chi connectivity index (χ0n) is 13.2. The molecule has 4 heteroatoms. The Bertz CT molecular complexity index is 264. The van der Waals surface area contributed by atoms with E-state index in [1.807, 2.05) is 20.8 Å². The molecule has 2 unspecified atom stereocenters. The molecule has 0 spiro atoms. The van der Waals surface area contributed by atoms with Crippen LogP contribution in [-0.2, 0) is 4.74 Å². The van der Waals surface area contributed by atoms with Crippen LogP contribution in [0.5, 0.6) is 0 Å². The van der Waals surface area contributed by atoms with Crippen LogP contribution in [0, 0.1) is 5.41 Å². The van der Waals surface area contributed by atoms with Crippen LogP contribution >= 0.6 is 0 Å². The first-order chi connectivity index (χ1) is 7.92. The SMILES string of the molecule is CC(CNC(=O)OC(C)(C)C)NC(C)C(C)(C)C. The van der Waals surface area contributed by atoms with Crippen molar-refractivity contribution in [2.24, 2.45) is 5.41 Å². The van der Waals surface area contributed by atoms with Crippen molar-refractivity contribution in [1.82, 2.24) is 10.6 Å². The molecule has 0 rings (SSSR count). The molecule has 0 fully saturated rings. The molecule has 0 radical (unpaired) electrons. The van der Waals surface area contributed by atoms with Gasteiger partial charge in [-0.1, -0.05) is 20.8 Å². The van der Waals surface area contributed by atoms with E-state index < -0.39 is 5.60 Å². The number of amides is 1.